The number of rotatable bonds is 8. The van der Waals surface area contributed by atoms with Crippen LogP contribution in [0.1, 0.15) is 106 Å². The van der Waals surface area contributed by atoms with E-state index in [4.69, 9.17) is 28.4 Å². The summed E-state index contributed by atoms with van der Waals surface area (Å²) in [4.78, 5) is 82.1. The number of carbonyl (C=O) groups excluding carboxylic acids is 6. The lowest BCUT2D eigenvalue weighted by Crippen LogP contribution is -2.47. The molecule has 2 aromatic rings. The molecule has 0 N–H and O–H groups in total. The van der Waals surface area contributed by atoms with Crippen molar-refractivity contribution in [2.75, 3.05) is 26.9 Å². The molecule has 14 heteroatoms. The maximum atomic E-state index is 13.7. The molecule has 5 atom stereocenters. The van der Waals surface area contributed by atoms with Gasteiger partial charge in [0.15, 0.2) is 18.5 Å². The minimum atomic E-state index is -1.02. The molecule has 2 aromatic carbocycles. The lowest BCUT2D eigenvalue weighted by atomic mass is 9.84. The number of amides is 2. The van der Waals surface area contributed by atoms with Gasteiger partial charge in [0.25, 0.3) is 0 Å². The topological polar surface area (TPSA) is 164 Å². The third-order valence-electron chi connectivity index (χ3n) is 10.4. The van der Waals surface area contributed by atoms with Crippen LogP contribution >= 0.6 is 0 Å². The predicted octanol–water partition coefficient (Wildman–Crippen LogP) is 6.07. The first kappa shape index (κ1) is 40.7. The molecular weight excluding hydrogens is 724 g/mol. The molecule has 4 aliphatic rings. The minimum absolute atomic E-state index is 0.0875. The summed E-state index contributed by atoms with van der Waals surface area (Å²) in [5.41, 5.74) is 2.40. The number of esters is 2. The number of carbonyl (C=O) groups is 6. The lowest BCUT2D eigenvalue weighted by molar-refractivity contribution is -0.152. The van der Waals surface area contributed by atoms with Crippen LogP contribution in [0.5, 0.6) is 5.75 Å². The van der Waals surface area contributed by atoms with Gasteiger partial charge in [0.05, 0.1) is 6.61 Å². The van der Waals surface area contributed by atoms with Gasteiger partial charge in [-0.3, -0.25) is 19.4 Å². The van der Waals surface area contributed by atoms with Gasteiger partial charge in [0, 0.05) is 42.3 Å². The number of benzene rings is 2. The van der Waals surface area contributed by atoms with E-state index in [0.717, 1.165) is 22.3 Å². The number of hydrogen-bond donors (Lipinski definition) is 0. The Balaban J connectivity index is 1.10. The normalized spacial score (nSPS) is 23.0. The molecule has 6 rings (SSSR count). The molecule has 2 unspecified atom stereocenters. The smallest absolute Gasteiger partial charge is 0.411 e. The van der Waals surface area contributed by atoms with Crippen molar-refractivity contribution < 1.29 is 57.2 Å². The summed E-state index contributed by atoms with van der Waals surface area (Å²) in [5, 5.41) is 0. The molecule has 1 aliphatic carbocycles. The molecule has 3 aliphatic heterocycles. The molecule has 3 heterocycles. The molecule has 2 saturated heterocycles. The Morgan fingerprint density at radius 3 is 2.23 bits per heavy atom. The average Bonchev–Trinajstić information content (AvgIpc) is 3.73. The van der Waals surface area contributed by atoms with Gasteiger partial charge in [0.1, 0.15) is 35.6 Å². The lowest BCUT2D eigenvalue weighted by Gasteiger charge is -2.30. The zero-order valence-electron chi connectivity index (χ0n) is 33.4. The highest BCUT2D eigenvalue weighted by Gasteiger charge is 2.45. The van der Waals surface area contributed by atoms with Gasteiger partial charge >= 0.3 is 24.1 Å². The molecular formula is C42H52N2O12. The number of Topliss-reactive ketones (excluding diaryl/α,β-unsaturated/α-hetero) is 2. The zero-order chi connectivity index (χ0) is 40.7. The second-order valence-electron chi connectivity index (χ2n) is 17.1. The van der Waals surface area contributed by atoms with E-state index >= 15 is 0 Å². The standard InChI is InChI=1S/C42H52N2O12/c1-23-9-13-31(44(23)40(50)56-42(5,6)7)37(47)53-22-33(45)26-10-12-28-27(16-26)21-52-35-18-29-25(17-30(28)35)11-14-34(36(29)46)54-38(48)32-15-24(20-51-8)19-43(32)39(49)55-41(2,3)4/h10,12,16-18,23-24,31-32,34H,9,11,13-15,19-22H2,1-8H3/t23-,24-,31-,32?,34?/m0/s1. The van der Waals surface area contributed by atoms with E-state index < -0.39 is 65.9 Å². The number of fused-ring (bicyclic) bond motifs is 4. The van der Waals surface area contributed by atoms with Crippen molar-refractivity contribution in [3.05, 3.63) is 52.6 Å². The van der Waals surface area contributed by atoms with E-state index in [1.807, 2.05) is 19.1 Å². The fourth-order valence-electron chi connectivity index (χ4n) is 7.80. The maximum Gasteiger partial charge on any atom is 0.411 e. The number of methoxy groups -OCH3 is 1. The van der Waals surface area contributed by atoms with Crippen LogP contribution in [0.3, 0.4) is 0 Å². The Bertz CT molecular complexity index is 1910. The van der Waals surface area contributed by atoms with Crippen molar-refractivity contribution in [2.24, 2.45) is 5.92 Å². The van der Waals surface area contributed by atoms with Crippen molar-refractivity contribution >= 4 is 35.7 Å². The molecule has 2 amide bonds. The van der Waals surface area contributed by atoms with Crippen LogP contribution in [0.25, 0.3) is 11.1 Å². The Hall–Kier alpha value is -4.98. The number of nitrogens with zero attached hydrogens (tertiary/aromatic N) is 2. The largest absolute Gasteiger partial charge is 0.488 e. The Labute approximate surface area is 327 Å². The second kappa shape index (κ2) is 15.9. The van der Waals surface area contributed by atoms with Crippen molar-refractivity contribution in [1.29, 1.82) is 0 Å². The third-order valence-corrected chi connectivity index (χ3v) is 10.4. The summed E-state index contributed by atoms with van der Waals surface area (Å²) in [6.07, 6.45) is -0.156. The summed E-state index contributed by atoms with van der Waals surface area (Å²) in [6.45, 7) is 12.6. The first-order valence-electron chi connectivity index (χ1n) is 19.2. The van der Waals surface area contributed by atoms with Gasteiger partial charge in [-0.05, 0) is 115 Å². The first-order chi connectivity index (χ1) is 26.3. The fraction of sp³-hybridized carbons (Fsp3) is 0.571. The van der Waals surface area contributed by atoms with Crippen molar-refractivity contribution in [3.63, 3.8) is 0 Å². The van der Waals surface area contributed by atoms with Crippen LogP contribution in [0.2, 0.25) is 0 Å². The quantitative estimate of drug-likeness (QED) is 0.173. The van der Waals surface area contributed by atoms with Crippen LogP contribution in [0.15, 0.2) is 30.3 Å². The number of aryl methyl sites for hydroxylation is 1. The number of ketones is 2. The highest BCUT2D eigenvalue weighted by atomic mass is 16.6. The molecule has 0 radical (unpaired) electrons. The van der Waals surface area contributed by atoms with Crippen molar-refractivity contribution in [1.82, 2.24) is 9.80 Å². The molecule has 56 heavy (non-hydrogen) atoms. The summed E-state index contributed by atoms with van der Waals surface area (Å²) in [5.74, 6) is -1.66. The number of likely N-dealkylation sites (tertiary alicyclic amines) is 2. The fourth-order valence-corrected chi connectivity index (χ4v) is 7.80. The molecule has 2 fully saturated rings. The molecule has 14 nitrogen and oxygen atoms in total. The van der Waals surface area contributed by atoms with Crippen molar-refractivity contribution in [2.45, 2.75) is 123 Å². The summed E-state index contributed by atoms with van der Waals surface area (Å²) in [6, 6.07) is 6.81. The molecule has 0 bridgehead atoms. The van der Waals surface area contributed by atoms with Gasteiger partial charge in [-0.2, -0.15) is 0 Å². The highest BCUT2D eigenvalue weighted by Crippen LogP contribution is 2.42. The predicted molar refractivity (Wildman–Crippen MR) is 201 cm³/mol. The van der Waals surface area contributed by atoms with Crippen LogP contribution in [-0.4, -0.2) is 108 Å². The second-order valence-corrected chi connectivity index (χ2v) is 17.1. The number of ether oxygens (including phenoxy) is 6. The van der Waals surface area contributed by atoms with Crippen LogP contribution in [0.4, 0.5) is 9.59 Å². The Kier molecular flexibility index (Phi) is 11.5. The van der Waals surface area contributed by atoms with Gasteiger partial charge in [-0.15, -0.1) is 0 Å². The van der Waals surface area contributed by atoms with Gasteiger partial charge in [-0.25, -0.2) is 19.2 Å². The Morgan fingerprint density at radius 2 is 1.54 bits per heavy atom. The Morgan fingerprint density at radius 1 is 0.821 bits per heavy atom. The van der Waals surface area contributed by atoms with E-state index in [1.165, 1.54) is 9.80 Å². The van der Waals surface area contributed by atoms with Gasteiger partial charge in [0.2, 0.25) is 5.78 Å². The molecule has 0 aromatic heterocycles. The van der Waals surface area contributed by atoms with E-state index in [9.17, 15) is 28.8 Å². The van der Waals surface area contributed by atoms with Crippen LogP contribution in [-0.2, 0) is 46.3 Å². The summed E-state index contributed by atoms with van der Waals surface area (Å²) >= 11 is 0. The van der Waals surface area contributed by atoms with E-state index in [-0.39, 0.29) is 37.3 Å². The molecule has 0 spiro atoms. The SMILES string of the molecule is COC[C@H]1CC(C(=O)OC2CCc3cc4c(cc3C2=O)OCc2cc(C(=O)COC(=O)[C@@H]3CC[C@H](C)N3C(=O)OC(C)(C)C)ccc2-4)N(C(=O)OC(C)(C)C)C1. The zero-order valence-corrected chi connectivity index (χ0v) is 33.4. The van der Waals surface area contributed by atoms with E-state index in [1.54, 1.807) is 66.9 Å². The monoisotopic (exact) mass is 776 g/mol. The summed E-state index contributed by atoms with van der Waals surface area (Å²) < 4.78 is 33.6. The molecule has 0 saturated carbocycles. The van der Waals surface area contributed by atoms with Gasteiger partial charge < -0.3 is 28.4 Å². The van der Waals surface area contributed by atoms with E-state index in [2.05, 4.69) is 0 Å². The average molecular weight is 777 g/mol. The van der Waals surface area contributed by atoms with Gasteiger partial charge in [-0.1, -0.05) is 12.1 Å². The van der Waals surface area contributed by atoms with Crippen molar-refractivity contribution in [3.8, 4) is 16.9 Å². The maximum absolute atomic E-state index is 13.7. The number of hydrogen-bond acceptors (Lipinski definition) is 12. The summed E-state index contributed by atoms with van der Waals surface area (Å²) in [7, 11) is 1.56. The first-order valence-corrected chi connectivity index (χ1v) is 19.2. The van der Waals surface area contributed by atoms with Crippen LogP contribution < -0.4 is 4.74 Å². The third kappa shape index (κ3) is 8.85. The van der Waals surface area contributed by atoms with Crippen LogP contribution in [0, 0.1) is 5.92 Å². The minimum Gasteiger partial charge on any atom is -0.488 e. The van der Waals surface area contributed by atoms with E-state index in [0.29, 0.717) is 49.2 Å². The highest BCUT2D eigenvalue weighted by molar-refractivity contribution is 6.04. The molecule has 302 valence electrons.